The van der Waals surface area contributed by atoms with Crippen LogP contribution in [-0.2, 0) is 6.54 Å². The number of hydrogen-bond donors (Lipinski definition) is 1. The number of nitrogens with zero attached hydrogens (tertiary/aromatic N) is 4. The van der Waals surface area contributed by atoms with E-state index in [1.807, 2.05) is 11.1 Å². The minimum absolute atomic E-state index is 0.0438. The van der Waals surface area contributed by atoms with Gasteiger partial charge < -0.3 is 20.0 Å². The van der Waals surface area contributed by atoms with Crippen LogP contribution in [-0.4, -0.2) is 66.6 Å². The molecule has 1 aromatic rings. The molecular formula is C17H27N5O. The smallest absolute Gasteiger partial charge is 0.317 e. The highest BCUT2D eigenvalue weighted by atomic mass is 16.2. The number of carbonyl (C=O) groups is 1. The zero-order chi connectivity index (χ0) is 16.1. The third kappa shape index (κ3) is 4.13. The second-order valence-corrected chi connectivity index (χ2v) is 6.30. The highest BCUT2D eigenvalue weighted by Gasteiger charge is 2.18. The molecule has 23 heavy (non-hydrogen) atoms. The fraction of sp³-hybridized carbons (Fsp3) is 0.647. The fourth-order valence-corrected chi connectivity index (χ4v) is 3.21. The molecule has 0 aromatic carbocycles. The van der Waals surface area contributed by atoms with Crippen molar-refractivity contribution in [1.29, 1.82) is 0 Å². The van der Waals surface area contributed by atoms with E-state index >= 15 is 0 Å². The Bertz CT molecular complexity index is 504. The van der Waals surface area contributed by atoms with Gasteiger partial charge in [-0.1, -0.05) is 13.0 Å². The first-order valence-electron chi connectivity index (χ1n) is 8.71. The third-order valence-electron chi connectivity index (χ3n) is 4.79. The van der Waals surface area contributed by atoms with Gasteiger partial charge in [0.15, 0.2) is 0 Å². The number of hydrogen-bond acceptors (Lipinski definition) is 4. The first-order valence-corrected chi connectivity index (χ1v) is 8.71. The summed E-state index contributed by atoms with van der Waals surface area (Å²) in [4.78, 5) is 23.2. The molecule has 0 unspecified atom stereocenters. The van der Waals surface area contributed by atoms with Crippen molar-refractivity contribution in [3.05, 3.63) is 23.9 Å². The number of pyridine rings is 1. The number of rotatable bonds is 4. The topological polar surface area (TPSA) is 51.7 Å². The van der Waals surface area contributed by atoms with E-state index in [0.717, 1.165) is 70.0 Å². The van der Waals surface area contributed by atoms with Gasteiger partial charge in [0.1, 0.15) is 5.82 Å². The summed E-state index contributed by atoms with van der Waals surface area (Å²) in [5.74, 6) is 1.04. The SMILES string of the molecule is CCN1CCN(c2ccc(CNC(=O)N3CCCC3)cn2)CC1. The molecular weight excluding hydrogens is 290 g/mol. The van der Waals surface area contributed by atoms with Crippen molar-refractivity contribution >= 4 is 11.8 Å². The number of likely N-dealkylation sites (tertiary alicyclic amines) is 1. The monoisotopic (exact) mass is 317 g/mol. The van der Waals surface area contributed by atoms with E-state index in [2.05, 4.69) is 39.2 Å². The molecule has 126 valence electrons. The van der Waals surface area contributed by atoms with Crippen molar-refractivity contribution in [3.63, 3.8) is 0 Å². The first kappa shape index (κ1) is 16.1. The summed E-state index contributed by atoms with van der Waals surface area (Å²) in [6.45, 7) is 9.91. The zero-order valence-electron chi connectivity index (χ0n) is 14.0. The van der Waals surface area contributed by atoms with Crippen LogP contribution in [0.5, 0.6) is 0 Å². The molecule has 3 heterocycles. The summed E-state index contributed by atoms with van der Waals surface area (Å²) in [6.07, 6.45) is 4.12. The molecule has 1 N–H and O–H groups in total. The van der Waals surface area contributed by atoms with Gasteiger partial charge in [-0.05, 0) is 31.0 Å². The average molecular weight is 317 g/mol. The molecule has 0 spiro atoms. The highest BCUT2D eigenvalue weighted by Crippen LogP contribution is 2.14. The standard InChI is InChI=1S/C17H27N5O/c1-2-20-9-11-21(12-10-20)16-6-5-15(13-18-16)14-19-17(23)22-7-3-4-8-22/h5-6,13H,2-4,7-12,14H2,1H3,(H,19,23). The van der Waals surface area contributed by atoms with Crippen molar-refractivity contribution in [1.82, 2.24) is 20.1 Å². The molecule has 2 amide bonds. The molecule has 6 heteroatoms. The summed E-state index contributed by atoms with van der Waals surface area (Å²) >= 11 is 0. The number of aromatic nitrogens is 1. The summed E-state index contributed by atoms with van der Waals surface area (Å²) in [5.41, 5.74) is 1.05. The Balaban J connectivity index is 1.48. The van der Waals surface area contributed by atoms with Crippen LogP contribution in [0.3, 0.4) is 0 Å². The van der Waals surface area contributed by atoms with Gasteiger partial charge in [-0.3, -0.25) is 0 Å². The van der Waals surface area contributed by atoms with Crippen LogP contribution in [0.15, 0.2) is 18.3 Å². The summed E-state index contributed by atoms with van der Waals surface area (Å²) in [7, 11) is 0. The quantitative estimate of drug-likeness (QED) is 0.915. The van der Waals surface area contributed by atoms with Gasteiger partial charge in [0.05, 0.1) is 0 Å². The van der Waals surface area contributed by atoms with Crippen molar-refractivity contribution in [2.75, 3.05) is 50.7 Å². The van der Waals surface area contributed by atoms with Crippen molar-refractivity contribution < 1.29 is 4.79 Å². The van der Waals surface area contributed by atoms with Gasteiger partial charge in [-0.2, -0.15) is 0 Å². The number of urea groups is 1. The van der Waals surface area contributed by atoms with Crippen LogP contribution in [0, 0.1) is 0 Å². The van der Waals surface area contributed by atoms with E-state index in [1.165, 1.54) is 0 Å². The normalized spacial score (nSPS) is 19.2. The van der Waals surface area contributed by atoms with Gasteiger partial charge in [-0.25, -0.2) is 9.78 Å². The average Bonchev–Trinajstić information content (AvgIpc) is 3.15. The Morgan fingerprint density at radius 2 is 1.87 bits per heavy atom. The van der Waals surface area contributed by atoms with Gasteiger partial charge in [0.2, 0.25) is 0 Å². The van der Waals surface area contributed by atoms with Crippen molar-refractivity contribution in [3.8, 4) is 0 Å². The molecule has 1 aromatic heterocycles. The Labute approximate surface area is 138 Å². The molecule has 2 aliphatic rings. The molecule has 2 aliphatic heterocycles. The van der Waals surface area contributed by atoms with E-state index in [4.69, 9.17) is 0 Å². The zero-order valence-corrected chi connectivity index (χ0v) is 14.0. The van der Waals surface area contributed by atoms with Crippen molar-refractivity contribution in [2.45, 2.75) is 26.3 Å². The summed E-state index contributed by atoms with van der Waals surface area (Å²) < 4.78 is 0. The third-order valence-corrected chi connectivity index (χ3v) is 4.79. The van der Waals surface area contributed by atoms with Gasteiger partial charge in [0.25, 0.3) is 0 Å². The lowest BCUT2D eigenvalue weighted by atomic mass is 10.2. The molecule has 0 radical (unpaired) electrons. The van der Waals surface area contributed by atoms with E-state index in [-0.39, 0.29) is 6.03 Å². The van der Waals surface area contributed by atoms with Gasteiger partial charge in [-0.15, -0.1) is 0 Å². The van der Waals surface area contributed by atoms with Crippen LogP contribution >= 0.6 is 0 Å². The molecule has 0 atom stereocenters. The highest BCUT2D eigenvalue weighted by molar-refractivity contribution is 5.74. The van der Waals surface area contributed by atoms with Gasteiger partial charge in [0, 0.05) is 52.0 Å². The van der Waals surface area contributed by atoms with E-state index in [1.54, 1.807) is 0 Å². The number of likely N-dealkylation sites (N-methyl/N-ethyl adjacent to an activating group) is 1. The lowest BCUT2D eigenvalue weighted by Gasteiger charge is -2.34. The van der Waals surface area contributed by atoms with Gasteiger partial charge >= 0.3 is 6.03 Å². The molecule has 2 saturated heterocycles. The minimum atomic E-state index is 0.0438. The van der Waals surface area contributed by atoms with E-state index in [9.17, 15) is 4.79 Å². The Morgan fingerprint density at radius 1 is 1.13 bits per heavy atom. The summed E-state index contributed by atoms with van der Waals surface area (Å²) in [5, 5.41) is 2.98. The Morgan fingerprint density at radius 3 is 2.48 bits per heavy atom. The van der Waals surface area contributed by atoms with Crippen LogP contribution < -0.4 is 10.2 Å². The molecule has 2 fully saturated rings. The van der Waals surface area contributed by atoms with Crippen molar-refractivity contribution in [2.24, 2.45) is 0 Å². The van der Waals surface area contributed by atoms with E-state index < -0.39 is 0 Å². The number of piperazine rings is 1. The summed E-state index contributed by atoms with van der Waals surface area (Å²) in [6, 6.07) is 4.18. The predicted octanol–water partition coefficient (Wildman–Crippen LogP) is 1.53. The maximum Gasteiger partial charge on any atom is 0.317 e. The Hall–Kier alpha value is -1.82. The number of anilines is 1. The molecule has 6 nitrogen and oxygen atoms in total. The fourth-order valence-electron chi connectivity index (χ4n) is 3.21. The number of amides is 2. The van der Waals surface area contributed by atoms with Crippen LogP contribution in [0.1, 0.15) is 25.3 Å². The Kier molecular flexibility index (Phi) is 5.33. The maximum absolute atomic E-state index is 12.0. The predicted molar refractivity (Wildman–Crippen MR) is 91.6 cm³/mol. The lowest BCUT2D eigenvalue weighted by molar-refractivity contribution is 0.208. The van der Waals surface area contributed by atoms with Crippen LogP contribution in [0.25, 0.3) is 0 Å². The van der Waals surface area contributed by atoms with Crippen LogP contribution in [0.4, 0.5) is 10.6 Å². The molecule has 3 rings (SSSR count). The van der Waals surface area contributed by atoms with E-state index in [0.29, 0.717) is 6.54 Å². The minimum Gasteiger partial charge on any atom is -0.354 e. The number of nitrogens with one attached hydrogen (secondary N) is 1. The lowest BCUT2D eigenvalue weighted by Crippen LogP contribution is -2.46. The second-order valence-electron chi connectivity index (χ2n) is 6.30. The second kappa shape index (κ2) is 7.64. The number of carbonyl (C=O) groups excluding carboxylic acids is 1. The van der Waals surface area contributed by atoms with Crippen LogP contribution in [0.2, 0.25) is 0 Å². The molecule has 0 bridgehead atoms. The molecule has 0 aliphatic carbocycles. The molecule has 0 saturated carbocycles. The maximum atomic E-state index is 12.0. The largest absolute Gasteiger partial charge is 0.354 e. The first-order chi connectivity index (χ1) is 11.3.